The van der Waals surface area contributed by atoms with Crippen LogP contribution in [0.3, 0.4) is 0 Å². The first-order valence-corrected chi connectivity index (χ1v) is 7.85. The lowest BCUT2D eigenvalue weighted by molar-refractivity contribution is 0.117. The quantitative estimate of drug-likeness (QED) is 0.834. The zero-order valence-corrected chi connectivity index (χ0v) is 11.7. The molecule has 0 aliphatic carbocycles. The van der Waals surface area contributed by atoms with E-state index in [1.807, 2.05) is 6.92 Å². The molecule has 1 aliphatic heterocycles. The summed E-state index contributed by atoms with van der Waals surface area (Å²) in [6.07, 6.45) is 1.13. The van der Waals surface area contributed by atoms with Gasteiger partial charge >= 0.3 is 0 Å². The maximum absolute atomic E-state index is 12.2. The van der Waals surface area contributed by atoms with E-state index in [-0.39, 0.29) is 23.6 Å². The molecule has 0 spiro atoms. The summed E-state index contributed by atoms with van der Waals surface area (Å²) in [6.45, 7) is 2.51. The highest BCUT2D eigenvalue weighted by Crippen LogP contribution is 2.17. The molecule has 1 aromatic carbocycles. The fourth-order valence-electron chi connectivity index (χ4n) is 2.12. The fraction of sp³-hybridized carbons (Fsp3) is 0.538. The third kappa shape index (κ3) is 3.54. The molecule has 0 radical (unpaired) electrons. The first-order chi connectivity index (χ1) is 9.03. The van der Waals surface area contributed by atoms with Crippen molar-refractivity contribution in [2.75, 3.05) is 13.2 Å². The highest BCUT2D eigenvalue weighted by molar-refractivity contribution is 7.89. The molecule has 2 unspecified atom stereocenters. The zero-order chi connectivity index (χ0) is 13.9. The summed E-state index contributed by atoms with van der Waals surface area (Å²) in [5, 5.41) is 8.82. The van der Waals surface area contributed by atoms with E-state index < -0.39 is 10.0 Å². The summed E-state index contributed by atoms with van der Waals surface area (Å²) in [6, 6.07) is 6.41. The third-order valence-corrected chi connectivity index (χ3v) is 4.82. The first kappa shape index (κ1) is 14.5. The Morgan fingerprint density at radius 1 is 1.37 bits per heavy atom. The monoisotopic (exact) mass is 285 g/mol. The minimum absolute atomic E-state index is 0.0568. The van der Waals surface area contributed by atoms with Crippen LogP contribution in [0.1, 0.15) is 18.9 Å². The summed E-state index contributed by atoms with van der Waals surface area (Å²) in [7, 11) is -3.50. The van der Waals surface area contributed by atoms with E-state index in [9.17, 15) is 8.42 Å². The van der Waals surface area contributed by atoms with Crippen LogP contribution in [0.4, 0.5) is 0 Å². The van der Waals surface area contributed by atoms with Gasteiger partial charge in [0.2, 0.25) is 10.0 Å². The molecule has 1 heterocycles. The Balaban J connectivity index is 2.10. The maximum atomic E-state index is 12.2. The van der Waals surface area contributed by atoms with Crippen LogP contribution in [-0.4, -0.2) is 38.9 Å². The molecule has 0 bridgehead atoms. The van der Waals surface area contributed by atoms with Gasteiger partial charge in [-0.05, 0) is 37.5 Å². The van der Waals surface area contributed by atoms with Crippen LogP contribution in [0.15, 0.2) is 29.2 Å². The number of aliphatic hydroxyl groups excluding tert-OH is 1. The lowest BCUT2D eigenvalue weighted by Crippen LogP contribution is -2.39. The standard InChI is InChI=1S/C13H19NO4S/c1-10-13(7-9-18-10)14-19(16,17)12-4-2-11(3-5-12)6-8-15/h2-5,10,13-15H,6-9H2,1H3. The molecule has 1 aliphatic rings. The largest absolute Gasteiger partial charge is 0.396 e. The highest BCUT2D eigenvalue weighted by Gasteiger charge is 2.29. The van der Waals surface area contributed by atoms with E-state index in [4.69, 9.17) is 9.84 Å². The van der Waals surface area contributed by atoms with Crippen LogP contribution >= 0.6 is 0 Å². The lowest BCUT2D eigenvalue weighted by atomic mass is 10.2. The average Bonchev–Trinajstić information content (AvgIpc) is 2.75. The van der Waals surface area contributed by atoms with Crippen molar-refractivity contribution in [1.82, 2.24) is 4.72 Å². The van der Waals surface area contributed by atoms with Crippen molar-refractivity contribution < 1.29 is 18.3 Å². The molecule has 1 saturated heterocycles. The van der Waals surface area contributed by atoms with Gasteiger partial charge in [-0.2, -0.15) is 0 Å². The Morgan fingerprint density at radius 3 is 2.58 bits per heavy atom. The summed E-state index contributed by atoms with van der Waals surface area (Å²) in [4.78, 5) is 0.244. The van der Waals surface area contributed by atoms with Gasteiger partial charge in [0, 0.05) is 13.2 Å². The minimum Gasteiger partial charge on any atom is -0.396 e. The number of aliphatic hydroxyl groups is 1. The van der Waals surface area contributed by atoms with Gasteiger partial charge in [0.1, 0.15) is 0 Å². The Labute approximate surface area is 113 Å². The SMILES string of the molecule is CC1OCCC1NS(=O)(=O)c1ccc(CCO)cc1. The number of benzene rings is 1. The summed E-state index contributed by atoms with van der Waals surface area (Å²) < 4.78 is 32.4. The minimum atomic E-state index is -3.50. The van der Waals surface area contributed by atoms with Crippen molar-refractivity contribution in [2.45, 2.75) is 36.8 Å². The van der Waals surface area contributed by atoms with Crippen LogP contribution in [0.2, 0.25) is 0 Å². The van der Waals surface area contributed by atoms with Crippen molar-refractivity contribution in [2.24, 2.45) is 0 Å². The Kier molecular flexibility index (Phi) is 4.57. The smallest absolute Gasteiger partial charge is 0.240 e. The van der Waals surface area contributed by atoms with Gasteiger partial charge in [-0.3, -0.25) is 0 Å². The Hall–Kier alpha value is -0.950. The summed E-state index contributed by atoms with van der Waals surface area (Å²) in [5.41, 5.74) is 0.916. The van der Waals surface area contributed by atoms with Gasteiger partial charge in [-0.25, -0.2) is 13.1 Å². The normalized spacial score (nSPS) is 23.7. The second-order valence-corrected chi connectivity index (χ2v) is 6.42. The molecule has 0 aromatic heterocycles. The van der Waals surface area contributed by atoms with E-state index in [2.05, 4.69) is 4.72 Å². The van der Waals surface area contributed by atoms with Crippen LogP contribution < -0.4 is 4.72 Å². The van der Waals surface area contributed by atoms with Crippen LogP contribution in [0.5, 0.6) is 0 Å². The number of ether oxygens (including phenoxy) is 1. The molecule has 19 heavy (non-hydrogen) atoms. The number of sulfonamides is 1. The van der Waals surface area contributed by atoms with Crippen molar-refractivity contribution in [3.63, 3.8) is 0 Å². The van der Waals surface area contributed by atoms with E-state index in [1.54, 1.807) is 24.3 Å². The zero-order valence-electron chi connectivity index (χ0n) is 10.9. The van der Waals surface area contributed by atoms with Crippen molar-refractivity contribution >= 4 is 10.0 Å². The molecular weight excluding hydrogens is 266 g/mol. The number of hydrogen-bond donors (Lipinski definition) is 2. The molecule has 2 atom stereocenters. The topological polar surface area (TPSA) is 75.6 Å². The van der Waals surface area contributed by atoms with Crippen LogP contribution in [0, 0.1) is 0 Å². The van der Waals surface area contributed by atoms with Crippen molar-refractivity contribution in [1.29, 1.82) is 0 Å². The van der Waals surface area contributed by atoms with Crippen LogP contribution in [-0.2, 0) is 21.2 Å². The average molecular weight is 285 g/mol. The van der Waals surface area contributed by atoms with E-state index in [0.29, 0.717) is 19.4 Å². The van der Waals surface area contributed by atoms with Gasteiger partial charge in [-0.1, -0.05) is 12.1 Å². The Morgan fingerprint density at radius 2 is 2.05 bits per heavy atom. The number of nitrogens with one attached hydrogen (secondary N) is 1. The van der Waals surface area contributed by atoms with Gasteiger partial charge in [0.15, 0.2) is 0 Å². The predicted octanol–water partition coefficient (Wildman–Crippen LogP) is 0.677. The van der Waals surface area contributed by atoms with Gasteiger partial charge in [-0.15, -0.1) is 0 Å². The van der Waals surface area contributed by atoms with Gasteiger partial charge < -0.3 is 9.84 Å². The molecule has 1 aromatic rings. The maximum Gasteiger partial charge on any atom is 0.240 e. The van der Waals surface area contributed by atoms with Crippen molar-refractivity contribution in [3.05, 3.63) is 29.8 Å². The molecule has 0 amide bonds. The highest BCUT2D eigenvalue weighted by atomic mass is 32.2. The van der Waals surface area contributed by atoms with E-state index >= 15 is 0 Å². The molecule has 0 saturated carbocycles. The summed E-state index contributed by atoms with van der Waals surface area (Å²) in [5.74, 6) is 0. The summed E-state index contributed by atoms with van der Waals surface area (Å²) >= 11 is 0. The molecule has 1 fully saturated rings. The first-order valence-electron chi connectivity index (χ1n) is 6.36. The number of rotatable bonds is 5. The lowest BCUT2D eigenvalue weighted by Gasteiger charge is -2.16. The third-order valence-electron chi connectivity index (χ3n) is 3.32. The van der Waals surface area contributed by atoms with Crippen LogP contribution in [0.25, 0.3) is 0 Å². The second kappa shape index (κ2) is 6.00. The molecule has 2 N–H and O–H groups in total. The molecule has 2 rings (SSSR count). The van der Waals surface area contributed by atoms with E-state index in [0.717, 1.165) is 5.56 Å². The van der Waals surface area contributed by atoms with E-state index in [1.165, 1.54) is 0 Å². The molecule has 6 heteroatoms. The molecule has 106 valence electrons. The Bertz CT molecular complexity index is 512. The molecule has 5 nitrogen and oxygen atoms in total. The van der Waals surface area contributed by atoms with Gasteiger partial charge in [0.25, 0.3) is 0 Å². The second-order valence-electron chi connectivity index (χ2n) is 4.71. The number of hydrogen-bond acceptors (Lipinski definition) is 4. The predicted molar refractivity (Wildman–Crippen MR) is 71.4 cm³/mol. The van der Waals surface area contributed by atoms with Crippen molar-refractivity contribution in [3.8, 4) is 0 Å². The van der Waals surface area contributed by atoms with Gasteiger partial charge in [0.05, 0.1) is 17.0 Å². The fourth-order valence-corrected chi connectivity index (χ4v) is 3.46. The molecular formula is C13H19NO4S.